The fourth-order valence-corrected chi connectivity index (χ4v) is 2.51. The number of nitrogens with zero attached hydrogens (tertiary/aromatic N) is 1. The molecule has 0 spiro atoms. The summed E-state index contributed by atoms with van der Waals surface area (Å²) in [5, 5.41) is 5.60. The molecule has 12 heavy (non-hydrogen) atoms. The molecular weight excluding hydrogens is 168 g/mol. The van der Waals surface area contributed by atoms with E-state index in [0.29, 0.717) is 0 Å². The Balaban J connectivity index is 2.11. The molecule has 2 unspecified atom stereocenters. The van der Waals surface area contributed by atoms with Crippen LogP contribution in [-0.2, 0) is 0 Å². The van der Waals surface area contributed by atoms with Crippen LogP contribution in [0.25, 0.3) is 0 Å². The molecule has 1 fully saturated rings. The van der Waals surface area contributed by atoms with Crippen molar-refractivity contribution in [2.75, 3.05) is 13.1 Å². The van der Waals surface area contributed by atoms with Gasteiger partial charge < -0.3 is 5.32 Å². The summed E-state index contributed by atoms with van der Waals surface area (Å²) in [6, 6.07) is 0. The zero-order valence-corrected chi connectivity index (χ0v) is 8.10. The van der Waals surface area contributed by atoms with Gasteiger partial charge in [-0.05, 0) is 48.4 Å². The maximum atomic E-state index is 4.15. The summed E-state index contributed by atoms with van der Waals surface area (Å²) in [4.78, 5) is 0. The molecular formula is C9H14N2S. The molecule has 1 aromatic heterocycles. The van der Waals surface area contributed by atoms with Crippen LogP contribution in [0.5, 0.6) is 0 Å². The first-order chi connectivity index (χ1) is 5.88. The minimum absolute atomic E-state index is 0.741. The lowest BCUT2D eigenvalue weighted by Gasteiger charge is -2.28. The summed E-state index contributed by atoms with van der Waals surface area (Å²) >= 11 is 1.56. The smallest absolute Gasteiger partial charge is 0.0441 e. The van der Waals surface area contributed by atoms with Gasteiger partial charge >= 0.3 is 0 Å². The van der Waals surface area contributed by atoms with Crippen LogP contribution in [-0.4, -0.2) is 17.5 Å². The highest BCUT2D eigenvalue weighted by atomic mass is 32.1. The Kier molecular flexibility index (Phi) is 2.42. The summed E-state index contributed by atoms with van der Waals surface area (Å²) in [5.74, 6) is 1.50. The van der Waals surface area contributed by atoms with Crippen LogP contribution in [0.2, 0.25) is 0 Å². The van der Waals surface area contributed by atoms with E-state index in [1.54, 1.807) is 11.5 Å². The number of hydrogen-bond donors (Lipinski definition) is 1. The van der Waals surface area contributed by atoms with E-state index in [0.717, 1.165) is 24.9 Å². The van der Waals surface area contributed by atoms with Crippen molar-refractivity contribution >= 4 is 11.5 Å². The molecule has 2 atom stereocenters. The Morgan fingerprint density at radius 2 is 2.58 bits per heavy atom. The Morgan fingerprint density at radius 3 is 3.25 bits per heavy atom. The summed E-state index contributed by atoms with van der Waals surface area (Å²) in [6.07, 6.45) is 3.29. The van der Waals surface area contributed by atoms with E-state index in [4.69, 9.17) is 0 Å². The first kappa shape index (κ1) is 8.20. The van der Waals surface area contributed by atoms with Gasteiger partial charge in [0.1, 0.15) is 0 Å². The molecule has 1 aromatic rings. The van der Waals surface area contributed by atoms with E-state index in [1.165, 1.54) is 12.0 Å². The standard InChI is InChI=1S/C9H14N2S/c1-7-4-10-3-2-9(7)8-5-11-12-6-8/h5-7,9-10H,2-4H2,1H3. The van der Waals surface area contributed by atoms with Crippen LogP contribution in [0.1, 0.15) is 24.8 Å². The van der Waals surface area contributed by atoms with E-state index in [2.05, 4.69) is 22.0 Å². The lowest BCUT2D eigenvalue weighted by atomic mass is 9.84. The Bertz CT molecular complexity index is 233. The number of hydrogen-bond acceptors (Lipinski definition) is 3. The number of rotatable bonds is 1. The van der Waals surface area contributed by atoms with Crippen LogP contribution in [0.4, 0.5) is 0 Å². The van der Waals surface area contributed by atoms with E-state index in [-0.39, 0.29) is 0 Å². The molecule has 1 aliphatic rings. The number of piperidine rings is 1. The molecule has 0 aromatic carbocycles. The highest BCUT2D eigenvalue weighted by molar-refractivity contribution is 7.03. The predicted octanol–water partition coefficient (Wildman–Crippen LogP) is 1.86. The fourth-order valence-electron chi connectivity index (χ4n) is 1.91. The van der Waals surface area contributed by atoms with Crippen molar-refractivity contribution in [2.45, 2.75) is 19.3 Å². The van der Waals surface area contributed by atoms with Gasteiger partial charge in [-0.25, -0.2) is 4.37 Å². The largest absolute Gasteiger partial charge is 0.316 e. The molecule has 0 aliphatic carbocycles. The Labute approximate surface area is 77.2 Å². The van der Waals surface area contributed by atoms with Gasteiger partial charge in [-0.2, -0.15) is 0 Å². The molecule has 66 valence electrons. The van der Waals surface area contributed by atoms with Crippen molar-refractivity contribution in [1.82, 2.24) is 9.69 Å². The molecule has 0 saturated carbocycles. The van der Waals surface area contributed by atoms with Gasteiger partial charge in [-0.3, -0.25) is 0 Å². The molecule has 0 amide bonds. The van der Waals surface area contributed by atoms with Gasteiger partial charge in [0.05, 0.1) is 0 Å². The number of nitrogens with one attached hydrogen (secondary N) is 1. The predicted molar refractivity (Wildman–Crippen MR) is 51.5 cm³/mol. The van der Waals surface area contributed by atoms with Gasteiger partial charge in [0, 0.05) is 11.6 Å². The van der Waals surface area contributed by atoms with E-state index in [1.807, 2.05) is 6.20 Å². The zero-order chi connectivity index (χ0) is 8.39. The Hall–Kier alpha value is -0.410. The van der Waals surface area contributed by atoms with Crippen LogP contribution < -0.4 is 5.32 Å². The summed E-state index contributed by atoms with van der Waals surface area (Å²) in [5.41, 5.74) is 1.44. The maximum Gasteiger partial charge on any atom is 0.0441 e. The van der Waals surface area contributed by atoms with Crippen molar-refractivity contribution < 1.29 is 0 Å². The second-order valence-corrected chi connectivity index (χ2v) is 4.19. The molecule has 0 bridgehead atoms. The van der Waals surface area contributed by atoms with E-state index >= 15 is 0 Å². The summed E-state index contributed by atoms with van der Waals surface area (Å²) in [7, 11) is 0. The van der Waals surface area contributed by atoms with Crippen molar-refractivity contribution in [3.8, 4) is 0 Å². The molecule has 2 nitrogen and oxygen atoms in total. The van der Waals surface area contributed by atoms with Crippen LogP contribution in [0.3, 0.4) is 0 Å². The molecule has 2 rings (SSSR count). The quantitative estimate of drug-likeness (QED) is 0.717. The first-order valence-electron chi connectivity index (χ1n) is 4.48. The second kappa shape index (κ2) is 3.54. The Morgan fingerprint density at radius 1 is 1.67 bits per heavy atom. The van der Waals surface area contributed by atoms with Crippen LogP contribution >= 0.6 is 11.5 Å². The average molecular weight is 182 g/mol. The minimum Gasteiger partial charge on any atom is -0.316 e. The molecule has 2 heterocycles. The average Bonchev–Trinajstić information content (AvgIpc) is 2.57. The van der Waals surface area contributed by atoms with Gasteiger partial charge in [-0.1, -0.05) is 6.92 Å². The van der Waals surface area contributed by atoms with Crippen molar-refractivity contribution in [2.24, 2.45) is 5.92 Å². The highest BCUT2D eigenvalue weighted by Crippen LogP contribution is 2.30. The van der Waals surface area contributed by atoms with Crippen molar-refractivity contribution in [3.05, 3.63) is 17.1 Å². The van der Waals surface area contributed by atoms with Gasteiger partial charge in [0.25, 0.3) is 0 Å². The SMILES string of the molecule is CC1CNCCC1c1cnsc1. The number of aromatic nitrogens is 1. The van der Waals surface area contributed by atoms with E-state index < -0.39 is 0 Å². The van der Waals surface area contributed by atoms with Gasteiger partial charge in [0.15, 0.2) is 0 Å². The normalized spacial score (nSPS) is 30.4. The van der Waals surface area contributed by atoms with Gasteiger partial charge in [0.2, 0.25) is 0 Å². The molecule has 1 aliphatic heterocycles. The third kappa shape index (κ3) is 1.52. The third-order valence-electron chi connectivity index (χ3n) is 2.66. The van der Waals surface area contributed by atoms with E-state index in [9.17, 15) is 0 Å². The fraction of sp³-hybridized carbons (Fsp3) is 0.667. The van der Waals surface area contributed by atoms with Gasteiger partial charge in [-0.15, -0.1) is 0 Å². The topological polar surface area (TPSA) is 24.9 Å². The monoisotopic (exact) mass is 182 g/mol. The summed E-state index contributed by atoms with van der Waals surface area (Å²) < 4.78 is 4.15. The minimum atomic E-state index is 0.741. The molecule has 0 radical (unpaired) electrons. The lowest BCUT2D eigenvalue weighted by molar-refractivity contribution is 0.350. The summed E-state index contributed by atoms with van der Waals surface area (Å²) in [6.45, 7) is 4.62. The lowest BCUT2D eigenvalue weighted by Crippen LogP contribution is -2.33. The highest BCUT2D eigenvalue weighted by Gasteiger charge is 2.22. The zero-order valence-electron chi connectivity index (χ0n) is 7.29. The first-order valence-corrected chi connectivity index (χ1v) is 5.31. The van der Waals surface area contributed by atoms with Crippen molar-refractivity contribution in [1.29, 1.82) is 0 Å². The van der Waals surface area contributed by atoms with Crippen molar-refractivity contribution in [3.63, 3.8) is 0 Å². The van der Waals surface area contributed by atoms with Crippen LogP contribution in [0.15, 0.2) is 11.6 Å². The third-order valence-corrected chi connectivity index (χ3v) is 3.27. The molecule has 1 saturated heterocycles. The van der Waals surface area contributed by atoms with Crippen LogP contribution in [0, 0.1) is 5.92 Å². The molecule has 3 heteroatoms. The maximum absolute atomic E-state index is 4.15. The second-order valence-electron chi connectivity index (χ2n) is 3.53. The molecule has 1 N–H and O–H groups in total.